The smallest absolute Gasteiger partial charge is 0.137 e. The zero-order valence-electron chi connectivity index (χ0n) is 10.8. The molecule has 17 heavy (non-hydrogen) atoms. The third kappa shape index (κ3) is 6.07. The van der Waals surface area contributed by atoms with E-state index in [2.05, 4.69) is 30.7 Å². The van der Waals surface area contributed by atoms with Gasteiger partial charge in [-0.3, -0.25) is 4.98 Å². The largest absolute Gasteiger partial charge is 0.492 e. The van der Waals surface area contributed by atoms with Crippen LogP contribution >= 0.6 is 0 Å². The van der Waals surface area contributed by atoms with Crippen molar-refractivity contribution in [1.29, 1.82) is 0 Å². The molecule has 0 aliphatic rings. The summed E-state index contributed by atoms with van der Waals surface area (Å²) in [4.78, 5) is 4.34. The van der Waals surface area contributed by atoms with E-state index in [0.29, 0.717) is 6.04 Å². The summed E-state index contributed by atoms with van der Waals surface area (Å²) in [5.74, 6) is 0.836. The van der Waals surface area contributed by atoms with Gasteiger partial charge in [0, 0.05) is 12.6 Å². The zero-order valence-corrected chi connectivity index (χ0v) is 10.8. The molecule has 0 radical (unpaired) electrons. The molecule has 1 rings (SSSR count). The lowest BCUT2D eigenvalue weighted by Gasteiger charge is -2.08. The fraction of sp³-hybridized carbons (Fsp3) is 0.500. The van der Waals surface area contributed by atoms with E-state index in [-0.39, 0.29) is 0 Å². The highest BCUT2D eigenvalue weighted by molar-refractivity contribution is 5.19. The predicted octanol–water partition coefficient (Wildman–Crippen LogP) is 2.92. The second-order valence-electron chi connectivity index (χ2n) is 4.30. The molecule has 0 bridgehead atoms. The van der Waals surface area contributed by atoms with Gasteiger partial charge in [0.2, 0.25) is 0 Å². The lowest BCUT2D eigenvalue weighted by atomic mass is 10.3. The number of hydrogen-bond donors (Lipinski definition) is 1. The van der Waals surface area contributed by atoms with E-state index in [1.54, 1.807) is 6.20 Å². The van der Waals surface area contributed by atoms with Gasteiger partial charge in [-0.25, -0.2) is 0 Å². The van der Waals surface area contributed by atoms with Crippen LogP contribution in [0.25, 0.3) is 0 Å². The van der Waals surface area contributed by atoms with Crippen molar-refractivity contribution in [2.75, 3.05) is 6.61 Å². The molecule has 0 aliphatic heterocycles. The molecule has 0 saturated carbocycles. The number of rotatable bonds is 8. The first-order chi connectivity index (χ1) is 8.22. The third-order valence-corrected chi connectivity index (χ3v) is 2.31. The van der Waals surface area contributed by atoms with E-state index in [9.17, 15) is 0 Å². The molecule has 0 aromatic carbocycles. The van der Waals surface area contributed by atoms with E-state index in [0.717, 1.165) is 37.4 Å². The molecule has 1 N–H and O–H groups in total. The third-order valence-electron chi connectivity index (χ3n) is 2.31. The van der Waals surface area contributed by atoms with Crippen LogP contribution in [0.4, 0.5) is 0 Å². The van der Waals surface area contributed by atoms with Crippen molar-refractivity contribution < 1.29 is 4.74 Å². The summed E-state index contributed by atoms with van der Waals surface area (Å²) in [7, 11) is 0. The van der Waals surface area contributed by atoms with Gasteiger partial charge in [-0.05, 0) is 25.0 Å². The van der Waals surface area contributed by atoms with Gasteiger partial charge < -0.3 is 10.1 Å². The van der Waals surface area contributed by atoms with Gasteiger partial charge in [0.15, 0.2) is 0 Å². The highest BCUT2D eigenvalue weighted by Gasteiger charge is 1.98. The SMILES string of the molecule is C=CCCCOc1ccc(CNC(C)C)nc1. The van der Waals surface area contributed by atoms with Crippen molar-refractivity contribution in [3.63, 3.8) is 0 Å². The second kappa shape index (κ2) is 7.85. The fourth-order valence-electron chi connectivity index (χ4n) is 1.33. The summed E-state index contributed by atoms with van der Waals surface area (Å²) in [5.41, 5.74) is 1.04. The number of allylic oxidation sites excluding steroid dienone is 1. The second-order valence-corrected chi connectivity index (χ2v) is 4.30. The average Bonchev–Trinajstić information content (AvgIpc) is 2.33. The number of aromatic nitrogens is 1. The van der Waals surface area contributed by atoms with Crippen molar-refractivity contribution >= 4 is 0 Å². The molecule has 0 aliphatic carbocycles. The summed E-state index contributed by atoms with van der Waals surface area (Å²) in [5, 5.41) is 3.33. The van der Waals surface area contributed by atoms with Crippen LogP contribution in [0.1, 0.15) is 32.4 Å². The summed E-state index contributed by atoms with van der Waals surface area (Å²) in [6, 6.07) is 4.45. The quantitative estimate of drug-likeness (QED) is 0.554. The number of unbranched alkanes of at least 4 members (excludes halogenated alkanes) is 1. The molecule has 3 heteroatoms. The van der Waals surface area contributed by atoms with E-state index in [4.69, 9.17) is 4.74 Å². The molecule has 0 saturated heterocycles. The number of nitrogens with zero attached hydrogens (tertiary/aromatic N) is 1. The fourth-order valence-corrected chi connectivity index (χ4v) is 1.33. The first kappa shape index (κ1) is 13.7. The molecule has 3 nitrogen and oxygen atoms in total. The van der Waals surface area contributed by atoms with Gasteiger partial charge in [0.05, 0.1) is 18.5 Å². The van der Waals surface area contributed by atoms with Gasteiger partial charge in [-0.15, -0.1) is 6.58 Å². The zero-order chi connectivity index (χ0) is 12.5. The topological polar surface area (TPSA) is 34.1 Å². The minimum Gasteiger partial charge on any atom is -0.492 e. The molecular weight excluding hydrogens is 212 g/mol. The summed E-state index contributed by atoms with van der Waals surface area (Å²) >= 11 is 0. The molecule has 1 heterocycles. The van der Waals surface area contributed by atoms with Gasteiger partial charge in [-0.1, -0.05) is 19.9 Å². The van der Waals surface area contributed by atoms with Crippen LogP contribution in [0.3, 0.4) is 0 Å². The highest BCUT2D eigenvalue weighted by Crippen LogP contribution is 2.09. The van der Waals surface area contributed by atoms with Crippen LogP contribution in [-0.2, 0) is 6.54 Å². The van der Waals surface area contributed by atoms with Gasteiger partial charge in [0.25, 0.3) is 0 Å². The number of pyridine rings is 1. The van der Waals surface area contributed by atoms with Crippen molar-refractivity contribution in [1.82, 2.24) is 10.3 Å². The Kier molecular flexibility index (Phi) is 6.33. The van der Waals surface area contributed by atoms with Crippen LogP contribution in [0, 0.1) is 0 Å². The Labute approximate surface area is 104 Å². The molecule has 1 aromatic rings. The number of nitrogens with one attached hydrogen (secondary N) is 1. The van der Waals surface area contributed by atoms with Crippen LogP contribution < -0.4 is 10.1 Å². The average molecular weight is 234 g/mol. The molecule has 94 valence electrons. The minimum atomic E-state index is 0.478. The maximum absolute atomic E-state index is 5.56. The molecule has 0 amide bonds. The van der Waals surface area contributed by atoms with Gasteiger partial charge in [0.1, 0.15) is 5.75 Å². The van der Waals surface area contributed by atoms with E-state index in [1.807, 2.05) is 18.2 Å². The predicted molar refractivity (Wildman–Crippen MR) is 71.1 cm³/mol. The maximum atomic E-state index is 5.56. The summed E-state index contributed by atoms with van der Waals surface area (Å²) in [6.07, 6.45) is 5.68. The van der Waals surface area contributed by atoms with Gasteiger partial charge >= 0.3 is 0 Å². The van der Waals surface area contributed by atoms with Crippen LogP contribution in [0.5, 0.6) is 5.75 Å². The Morgan fingerprint density at radius 3 is 2.88 bits per heavy atom. The van der Waals surface area contributed by atoms with Crippen LogP contribution in [0.2, 0.25) is 0 Å². The lowest BCUT2D eigenvalue weighted by molar-refractivity contribution is 0.310. The maximum Gasteiger partial charge on any atom is 0.137 e. The molecule has 0 spiro atoms. The first-order valence-corrected chi connectivity index (χ1v) is 6.14. The van der Waals surface area contributed by atoms with E-state index in [1.165, 1.54) is 0 Å². The number of hydrogen-bond acceptors (Lipinski definition) is 3. The lowest BCUT2D eigenvalue weighted by Crippen LogP contribution is -2.22. The molecule has 1 aromatic heterocycles. The Morgan fingerprint density at radius 1 is 1.47 bits per heavy atom. The van der Waals surface area contributed by atoms with Crippen molar-refractivity contribution in [2.24, 2.45) is 0 Å². The normalized spacial score (nSPS) is 10.5. The standard InChI is InChI=1S/C14H22N2O/c1-4-5-6-9-17-14-8-7-13(16-11-14)10-15-12(2)3/h4,7-8,11-12,15H,1,5-6,9-10H2,2-3H3. The summed E-state index contributed by atoms with van der Waals surface area (Å²) in [6.45, 7) is 9.44. The van der Waals surface area contributed by atoms with Crippen molar-refractivity contribution in [3.05, 3.63) is 36.7 Å². The minimum absolute atomic E-state index is 0.478. The number of ether oxygens (including phenoxy) is 1. The van der Waals surface area contributed by atoms with Crippen LogP contribution in [0.15, 0.2) is 31.0 Å². The van der Waals surface area contributed by atoms with Gasteiger partial charge in [-0.2, -0.15) is 0 Å². The van der Waals surface area contributed by atoms with E-state index < -0.39 is 0 Å². The Balaban J connectivity index is 2.31. The van der Waals surface area contributed by atoms with Crippen molar-refractivity contribution in [2.45, 2.75) is 39.3 Å². The highest BCUT2D eigenvalue weighted by atomic mass is 16.5. The Bertz CT molecular complexity index is 319. The summed E-state index contributed by atoms with van der Waals surface area (Å²) < 4.78 is 5.56. The monoisotopic (exact) mass is 234 g/mol. The van der Waals surface area contributed by atoms with E-state index >= 15 is 0 Å². The molecule has 0 unspecified atom stereocenters. The molecule has 0 fully saturated rings. The molecular formula is C14H22N2O. The Morgan fingerprint density at radius 2 is 2.29 bits per heavy atom. The van der Waals surface area contributed by atoms with Crippen molar-refractivity contribution in [3.8, 4) is 5.75 Å². The molecule has 0 atom stereocenters. The Hall–Kier alpha value is -1.35. The van der Waals surface area contributed by atoms with Crippen LogP contribution in [-0.4, -0.2) is 17.6 Å². The first-order valence-electron chi connectivity index (χ1n) is 6.14.